The molecule has 0 N–H and O–H groups in total. The van der Waals surface area contributed by atoms with Crippen LogP contribution < -0.4 is 5.56 Å². The Morgan fingerprint density at radius 2 is 1.67 bits per heavy atom. The van der Waals surface area contributed by atoms with Gasteiger partial charge in [-0.3, -0.25) is 9.78 Å². The molecular weight excluding hydrogens is 336 g/mol. The van der Waals surface area contributed by atoms with Crippen LogP contribution in [0.5, 0.6) is 0 Å². The molecule has 134 valence electrons. The summed E-state index contributed by atoms with van der Waals surface area (Å²) < 4.78 is 3.51. The second kappa shape index (κ2) is 7.03. The maximum atomic E-state index is 12.1. The minimum absolute atomic E-state index is 0.0155. The van der Waals surface area contributed by atoms with Crippen molar-refractivity contribution in [2.75, 3.05) is 0 Å². The van der Waals surface area contributed by atoms with Crippen LogP contribution in [0.1, 0.15) is 19.9 Å². The Morgan fingerprint density at radius 3 is 2.37 bits per heavy atom. The van der Waals surface area contributed by atoms with Crippen LogP contribution in [0.3, 0.4) is 0 Å². The van der Waals surface area contributed by atoms with Crippen LogP contribution in [0.25, 0.3) is 28.2 Å². The molecule has 0 amide bonds. The first-order valence-electron chi connectivity index (χ1n) is 8.92. The van der Waals surface area contributed by atoms with Gasteiger partial charge < -0.3 is 4.57 Å². The number of rotatable bonds is 4. The zero-order valence-electron chi connectivity index (χ0n) is 15.3. The average Bonchev–Trinajstić information content (AvgIpc) is 3.23. The standard InChI is InChI=1S/C22H20N4O/c1-16(2)26-21(27)11-10-20(24-26)19-14-18(25-12-6-7-13-25)15-23-22(19)17-8-4-3-5-9-17/h3-16H,1-2H3. The lowest BCUT2D eigenvalue weighted by Crippen LogP contribution is -2.24. The van der Waals surface area contributed by atoms with E-state index in [0.717, 1.165) is 28.2 Å². The van der Waals surface area contributed by atoms with Gasteiger partial charge in [-0.05, 0) is 38.1 Å². The van der Waals surface area contributed by atoms with Gasteiger partial charge in [0.05, 0.1) is 29.3 Å². The third kappa shape index (κ3) is 3.31. The Kier molecular flexibility index (Phi) is 4.42. The van der Waals surface area contributed by atoms with Gasteiger partial charge in [0.15, 0.2) is 0 Å². The second-order valence-electron chi connectivity index (χ2n) is 6.64. The Morgan fingerprint density at radius 1 is 0.926 bits per heavy atom. The molecule has 5 nitrogen and oxygen atoms in total. The molecule has 0 aliphatic carbocycles. The first kappa shape index (κ1) is 17.0. The Bertz CT molecular complexity index is 1110. The fraction of sp³-hybridized carbons (Fsp3) is 0.136. The van der Waals surface area contributed by atoms with Crippen LogP contribution in [0, 0.1) is 0 Å². The van der Waals surface area contributed by atoms with Crippen LogP contribution in [-0.2, 0) is 0 Å². The van der Waals surface area contributed by atoms with Crippen LogP contribution in [0.2, 0.25) is 0 Å². The first-order chi connectivity index (χ1) is 13.1. The van der Waals surface area contributed by atoms with Crippen LogP contribution in [0.15, 0.2) is 84.0 Å². The highest BCUT2D eigenvalue weighted by Crippen LogP contribution is 2.30. The van der Waals surface area contributed by atoms with Crippen LogP contribution in [0.4, 0.5) is 0 Å². The van der Waals surface area contributed by atoms with Crippen molar-refractivity contribution in [2.24, 2.45) is 0 Å². The number of aromatic nitrogens is 4. The molecule has 3 aromatic heterocycles. The summed E-state index contributed by atoms with van der Waals surface area (Å²) in [6.45, 7) is 3.90. The van der Waals surface area contributed by atoms with Gasteiger partial charge in [0.2, 0.25) is 0 Å². The summed E-state index contributed by atoms with van der Waals surface area (Å²) in [7, 11) is 0. The summed E-state index contributed by atoms with van der Waals surface area (Å²) >= 11 is 0. The summed E-state index contributed by atoms with van der Waals surface area (Å²) in [6, 6.07) is 19.3. The van der Waals surface area contributed by atoms with E-state index in [1.165, 1.54) is 4.68 Å². The number of pyridine rings is 1. The van der Waals surface area contributed by atoms with Gasteiger partial charge in [-0.2, -0.15) is 5.10 Å². The van der Waals surface area contributed by atoms with E-state index in [0.29, 0.717) is 0 Å². The summed E-state index contributed by atoms with van der Waals surface area (Å²) in [4.78, 5) is 16.9. The van der Waals surface area contributed by atoms with Crippen LogP contribution in [-0.4, -0.2) is 19.3 Å². The molecule has 0 aliphatic rings. The number of nitrogens with zero attached hydrogens (tertiary/aromatic N) is 4. The molecule has 0 atom stereocenters. The minimum atomic E-state index is -0.107. The van der Waals surface area contributed by atoms with E-state index < -0.39 is 0 Å². The molecule has 0 aliphatic heterocycles. The molecule has 0 fully saturated rings. The molecule has 0 radical (unpaired) electrons. The lowest BCUT2D eigenvalue weighted by molar-refractivity contribution is 0.505. The average molecular weight is 356 g/mol. The van der Waals surface area contributed by atoms with Crippen molar-refractivity contribution in [1.82, 2.24) is 19.3 Å². The van der Waals surface area contributed by atoms with E-state index in [1.807, 2.05) is 79.5 Å². The molecule has 27 heavy (non-hydrogen) atoms. The quantitative estimate of drug-likeness (QED) is 0.546. The second-order valence-corrected chi connectivity index (χ2v) is 6.64. The van der Waals surface area contributed by atoms with Crippen molar-refractivity contribution in [3.05, 3.63) is 89.6 Å². The van der Waals surface area contributed by atoms with Crippen molar-refractivity contribution in [2.45, 2.75) is 19.9 Å². The lowest BCUT2D eigenvalue weighted by atomic mass is 10.0. The molecule has 4 aromatic rings. The van der Waals surface area contributed by atoms with Gasteiger partial charge in [-0.15, -0.1) is 0 Å². The predicted molar refractivity (Wildman–Crippen MR) is 107 cm³/mol. The Hall–Kier alpha value is -3.47. The number of hydrogen-bond donors (Lipinski definition) is 0. The smallest absolute Gasteiger partial charge is 0.267 e. The van der Waals surface area contributed by atoms with E-state index in [-0.39, 0.29) is 11.6 Å². The van der Waals surface area contributed by atoms with Crippen molar-refractivity contribution in [1.29, 1.82) is 0 Å². The van der Waals surface area contributed by atoms with Gasteiger partial charge >= 0.3 is 0 Å². The SMILES string of the molecule is CC(C)n1nc(-c2cc(-n3cccc3)cnc2-c2ccccc2)ccc1=O. The highest BCUT2D eigenvalue weighted by atomic mass is 16.1. The maximum absolute atomic E-state index is 12.1. The van der Waals surface area contributed by atoms with Gasteiger partial charge in [0.25, 0.3) is 5.56 Å². The predicted octanol–water partition coefficient (Wildman–Crippen LogP) is 4.34. The molecule has 0 saturated carbocycles. The third-order valence-electron chi connectivity index (χ3n) is 4.41. The van der Waals surface area contributed by atoms with E-state index in [4.69, 9.17) is 4.98 Å². The molecule has 3 heterocycles. The van der Waals surface area contributed by atoms with Gasteiger partial charge in [-0.25, -0.2) is 4.68 Å². The highest BCUT2D eigenvalue weighted by molar-refractivity contribution is 5.80. The van der Waals surface area contributed by atoms with Gasteiger partial charge in [-0.1, -0.05) is 30.3 Å². The summed E-state index contributed by atoms with van der Waals surface area (Å²) in [5, 5.41) is 4.61. The summed E-state index contributed by atoms with van der Waals surface area (Å²) in [5.74, 6) is 0. The largest absolute Gasteiger partial charge is 0.322 e. The summed E-state index contributed by atoms with van der Waals surface area (Å²) in [6.07, 6.45) is 5.81. The summed E-state index contributed by atoms with van der Waals surface area (Å²) in [5.41, 5.74) is 4.30. The topological polar surface area (TPSA) is 52.7 Å². The van der Waals surface area contributed by atoms with Crippen molar-refractivity contribution in [3.63, 3.8) is 0 Å². The minimum Gasteiger partial charge on any atom is -0.322 e. The Balaban J connectivity index is 1.95. The molecule has 0 spiro atoms. The molecule has 0 unspecified atom stereocenters. The normalized spacial score (nSPS) is 11.1. The van der Waals surface area contributed by atoms with Crippen molar-refractivity contribution < 1.29 is 0 Å². The van der Waals surface area contributed by atoms with Crippen molar-refractivity contribution in [3.8, 4) is 28.2 Å². The van der Waals surface area contributed by atoms with Crippen LogP contribution >= 0.6 is 0 Å². The van der Waals surface area contributed by atoms with E-state index in [1.54, 1.807) is 12.1 Å². The molecule has 1 aromatic carbocycles. The Labute approximate surface area is 157 Å². The molecule has 0 bridgehead atoms. The molecule has 0 saturated heterocycles. The fourth-order valence-electron chi connectivity index (χ4n) is 3.06. The monoisotopic (exact) mass is 356 g/mol. The lowest BCUT2D eigenvalue weighted by Gasteiger charge is -2.14. The van der Waals surface area contributed by atoms with E-state index in [9.17, 15) is 4.79 Å². The fourth-order valence-corrected chi connectivity index (χ4v) is 3.06. The van der Waals surface area contributed by atoms with E-state index >= 15 is 0 Å². The first-order valence-corrected chi connectivity index (χ1v) is 8.92. The van der Waals surface area contributed by atoms with Crippen molar-refractivity contribution >= 4 is 0 Å². The third-order valence-corrected chi connectivity index (χ3v) is 4.41. The number of hydrogen-bond acceptors (Lipinski definition) is 3. The zero-order chi connectivity index (χ0) is 18.8. The molecular formula is C22H20N4O. The van der Waals surface area contributed by atoms with Gasteiger partial charge in [0, 0.05) is 29.6 Å². The molecule has 5 heteroatoms. The van der Waals surface area contributed by atoms with E-state index in [2.05, 4.69) is 11.2 Å². The maximum Gasteiger partial charge on any atom is 0.267 e. The highest BCUT2D eigenvalue weighted by Gasteiger charge is 2.14. The number of benzene rings is 1. The van der Waals surface area contributed by atoms with Gasteiger partial charge in [0.1, 0.15) is 0 Å². The zero-order valence-corrected chi connectivity index (χ0v) is 15.3. The molecule has 4 rings (SSSR count).